The highest BCUT2D eigenvalue weighted by atomic mass is 35.5. The number of carbonyl (C=O) groups is 1. The van der Waals surface area contributed by atoms with Crippen molar-refractivity contribution in [3.8, 4) is 0 Å². The van der Waals surface area contributed by atoms with E-state index in [1.54, 1.807) is 0 Å². The zero-order valence-corrected chi connectivity index (χ0v) is 10.3. The van der Waals surface area contributed by atoms with Crippen molar-refractivity contribution in [2.45, 2.75) is 11.8 Å². The van der Waals surface area contributed by atoms with Crippen LogP contribution in [0.2, 0.25) is 10.0 Å². The molecule has 86 valence electrons. The molecule has 1 aromatic rings. The molecule has 1 amide bonds. The van der Waals surface area contributed by atoms with Crippen molar-refractivity contribution < 1.29 is 9.18 Å². The maximum absolute atomic E-state index is 13.3. The number of amides is 1. The van der Waals surface area contributed by atoms with E-state index in [2.05, 4.69) is 0 Å². The lowest BCUT2D eigenvalue weighted by molar-refractivity contribution is -0.117. The van der Waals surface area contributed by atoms with Crippen LogP contribution in [0.3, 0.4) is 0 Å². The van der Waals surface area contributed by atoms with E-state index in [0.717, 1.165) is 6.07 Å². The lowest BCUT2D eigenvalue weighted by atomic mass is 10.3. The molecule has 1 aliphatic rings. The zero-order valence-electron chi connectivity index (χ0n) is 8.01. The number of hydrogen-bond donors (Lipinski definition) is 0. The van der Waals surface area contributed by atoms with Crippen LogP contribution in [0.15, 0.2) is 12.1 Å². The second-order valence-corrected chi connectivity index (χ2v) is 4.96. The Balaban J connectivity index is 2.41. The second-order valence-electron chi connectivity index (χ2n) is 3.52. The van der Waals surface area contributed by atoms with Gasteiger partial charge in [0.25, 0.3) is 0 Å². The van der Waals surface area contributed by atoms with Gasteiger partial charge in [0.2, 0.25) is 5.91 Å². The quantitative estimate of drug-likeness (QED) is 0.570. The van der Waals surface area contributed by atoms with E-state index in [9.17, 15) is 9.18 Å². The van der Waals surface area contributed by atoms with Crippen molar-refractivity contribution in [1.82, 2.24) is 0 Å². The molecule has 2 rings (SSSR count). The predicted octanol–water partition coefficient (Wildman–Crippen LogP) is 3.48. The number of rotatable bonds is 1. The number of benzene rings is 1. The van der Waals surface area contributed by atoms with E-state index >= 15 is 0 Å². The normalized spacial score (nSPS) is 20.6. The van der Waals surface area contributed by atoms with E-state index in [0.29, 0.717) is 12.2 Å². The Bertz CT molecular complexity index is 452. The Morgan fingerprint density at radius 3 is 2.56 bits per heavy atom. The maximum atomic E-state index is 13.3. The molecule has 1 aromatic carbocycles. The predicted molar refractivity (Wildman–Crippen MR) is 63.0 cm³/mol. The third-order valence-corrected chi connectivity index (χ3v) is 3.24. The SMILES string of the molecule is O=C1CC(Cl)CN1c1cc(F)c(Cl)cc1Cl. The molecule has 2 nitrogen and oxygen atoms in total. The van der Waals surface area contributed by atoms with Crippen molar-refractivity contribution >= 4 is 46.4 Å². The van der Waals surface area contributed by atoms with Gasteiger partial charge in [0.15, 0.2) is 0 Å². The number of alkyl halides is 1. The summed E-state index contributed by atoms with van der Waals surface area (Å²) in [5.41, 5.74) is 0.316. The molecule has 6 heteroatoms. The highest BCUT2D eigenvalue weighted by Crippen LogP contribution is 2.34. The molecule has 0 spiro atoms. The van der Waals surface area contributed by atoms with Gasteiger partial charge in [-0.3, -0.25) is 4.79 Å². The Hall–Kier alpha value is -0.510. The molecule has 1 fully saturated rings. The van der Waals surface area contributed by atoms with Crippen molar-refractivity contribution in [1.29, 1.82) is 0 Å². The third-order valence-electron chi connectivity index (χ3n) is 2.36. The highest BCUT2D eigenvalue weighted by Gasteiger charge is 2.30. The molecule has 0 bridgehead atoms. The Labute approximate surface area is 107 Å². The summed E-state index contributed by atoms with van der Waals surface area (Å²) in [5, 5.41) is -0.0874. The Morgan fingerprint density at radius 2 is 2.00 bits per heavy atom. The van der Waals surface area contributed by atoms with Gasteiger partial charge in [-0.1, -0.05) is 23.2 Å². The van der Waals surface area contributed by atoms with Crippen LogP contribution in [0.25, 0.3) is 0 Å². The minimum atomic E-state index is -0.605. The van der Waals surface area contributed by atoms with Crippen LogP contribution in [0.4, 0.5) is 10.1 Å². The first-order valence-electron chi connectivity index (χ1n) is 4.58. The largest absolute Gasteiger partial charge is 0.309 e. The van der Waals surface area contributed by atoms with Crippen molar-refractivity contribution in [2.24, 2.45) is 0 Å². The van der Waals surface area contributed by atoms with E-state index < -0.39 is 5.82 Å². The van der Waals surface area contributed by atoms with Crippen molar-refractivity contribution in [2.75, 3.05) is 11.4 Å². The number of anilines is 1. The lowest BCUT2D eigenvalue weighted by Gasteiger charge is -2.17. The van der Waals surface area contributed by atoms with Crippen molar-refractivity contribution in [3.63, 3.8) is 0 Å². The lowest BCUT2D eigenvalue weighted by Crippen LogP contribution is -2.25. The molecule has 0 radical (unpaired) electrons. The second kappa shape index (κ2) is 4.40. The minimum absolute atomic E-state index is 0.0668. The van der Waals surface area contributed by atoms with Crippen LogP contribution in [-0.2, 0) is 4.79 Å². The minimum Gasteiger partial charge on any atom is -0.309 e. The van der Waals surface area contributed by atoms with E-state index in [1.807, 2.05) is 0 Å². The van der Waals surface area contributed by atoms with Gasteiger partial charge in [-0.2, -0.15) is 0 Å². The summed E-state index contributed by atoms with van der Waals surface area (Å²) in [7, 11) is 0. The van der Waals surface area contributed by atoms with Gasteiger partial charge in [-0.05, 0) is 6.07 Å². The standard InChI is InChI=1S/C10H7Cl3FNO/c11-5-1-10(16)15(4-5)9-3-8(14)6(12)2-7(9)13/h2-3,5H,1,4H2. The molecule has 0 N–H and O–H groups in total. The first-order valence-corrected chi connectivity index (χ1v) is 5.77. The summed E-state index contributed by atoms with van der Waals surface area (Å²) < 4.78 is 13.3. The van der Waals surface area contributed by atoms with E-state index in [-0.39, 0.29) is 27.8 Å². The van der Waals surface area contributed by atoms with Crippen LogP contribution < -0.4 is 4.90 Å². The molecule has 0 aliphatic carbocycles. The smallest absolute Gasteiger partial charge is 0.228 e. The Morgan fingerprint density at radius 1 is 1.31 bits per heavy atom. The van der Waals surface area contributed by atoms with Gasteiger partial charge in [0, 0.05) is 19.0 Å². The van der Waals surface area contributed by atoms with Crippen LogP contribution in [0.5, 0.6) is 0 Å². The van der Waals surface area contributed by atoms with E-state index in [4.69, 9.17) is 34.8 Å². The first kappa shape index (κ1) is 12.0. The van der Waals surface area contributed by atoms with E-state index in [1.165, 1.54) is 11.0 Å². The maximum Gasteiger partial charge on any atom is 0.228 e. The van der Waals surface area contributed by atoms with Gasteiger partial charge in [-0.15, -0.1) is 11.6 Å². The van der Waals surface area contributed by atoms with Gasteiger partial charge in [0.1, 0.15) is 5.82 Å². The van der Waals surface area contributed by atoms with Crippen LogP contribution in [-0.4, -0.2) is 17.8 Å². The first-order chi connectivity index (χ1) is 7.49. The molecular formula is C10H7Cl3FNO. The summed E-state index contributed by atoms with van der Waals surface area (Å²) in [6, 6.07) is 2.43. The monoisotopic (exact) mass is 281 g/mol. The fourth-order valence-electron chi connectivity index (χ4n) is 1.62. The fourth-order valence-corrected chi connectivity index (χ4v) is 2.37. The van der Waals surface area contributed by atoms with Crippen LogP contribution in [0.1, 0.15) is 6.42 Å². The number of hydrogen-bond acceptors (Lipinski definition) is 1. The third kappa shape index (κ3) is 2.12. The summed E-state index contributed by atoms with van der Waals surface area (Å²) in [6.45, 7) is 0.335. The summed E-state index contributed by atoms with van der Waals surface area (Å²) in [4.78, 5) is 12.9. The highest BCUT2D eigenvalue weighted by molar-refractivity contribution is 6.37. The van der Waals surface area contributed by atoms with Gasteiger partial charge in [0.05, 0.1) is 21.1 Å². The molecule has 0 saturated carbocycles. The number of halogens is 4. The molecule has 1 unspecified atom stereocenters. The molecule has 1 atom stereocenters. The van der Waals surface area contributed by atoms with Crippen LogP contribution in [0, 0.1) is 5.82 Å². The van der Waals surface area contributed by atoms with Gasteiger partial charge < -0.3 is 4.90 Å². The van der Waals surface area contributed by atoms with Crippen molar-refractivity contribution in [3.05, 3.63) is 28.0 Å². The van der Waals surface area contributed by atoms with Gasteiger partial charge in [-0.25, -0.2) is 4.39 Å². The molecule has 1 saturated heterocycles. The Kier molecular flexibility index (Phi) is 3.29. The summed E-state index contributed by atoms with van der Waals surface area (Å²) in [5.74, 6) is -0.768. The zero-order chi connectivity index (χ0) is 11.9. The molecule has 0 aromatic heterocycles. The van der Waals surface area contributed by atoms with Crippen LogP contribution >= 0.6 is 34.8 Å². The molecule has 1 aliphatic heterocycles. The number of carbonyl (C=O) groups excluding carboxylic acids is 1. The summed E-state index contributed by atoms with van der Waals surface area (Å²) >= 11 is 17.3. The molecular weight excluding hydrogens is 275 g/mol. The fraction of sp³-hybridized carbons (Fsp3) is 0.300. The average molecular weight is 283 g/mol. The average Bonchev–Trinajstić information content (AvgIpc) is 2.51. The topological polar surface area (TPSA) is 20.3 Å². The molecule has 1 heterocycles. The molecule has 16 heavy (non-hydrogen) atoms. The summed E-state index contributed by atoms with van der Waals surface area (Å²) in [6.07, 6.45) is 0.238. The van der Waals surface area contributed by atoms with Gasteiger partial charge >= 0.3 is 0 Å². The number of nitrogens with zero attached hydrogens (tertiary/aromatic N) is 1.